The van der Waals surface area contributed by atoms with Gasteiger partial charge in [0.15, 0.2) is 0 Å². The van der Waals surface area contributed by atoms with Crippen LogP contribution in [-0.2, 0) is 14.3 Å². The van der Waals surface area contributed by atoms with E-state index in [1.807, 2.05) is 19.1 Å². The second kappa shape index (κ2) is 8.77. The van der Waals surface area contributed by atoms with E-state index >= 15 is 0 Å². The summed E-state index contributed by atoms with van der Waals surface area (Å²) in [7, 11) is 0. The fourth-order valence-electron chi connectivity index (χ4n) is 3.18. The highest BCUT2D eigenvalue weighted by atomic mass is 19.1. The van der Waals surface area contributed by atoms with Gasteiger partial charge in [0.05, 0.1) is 6.61 Å². The Hall–Kier alpha value is -2.73. The van der Waals surface area contributed by atoms with Gasteiger partial charge in [-0.1, -0.05) is 19.1 Å². The monoisotopic (exact) mass is 370 g/mol. The normalized spacial score (nSPS) is 15.5. The number of carbonyl (C=O) groups excluding carboxylic acids is 2. The van der Waals surface area contributed by atoms with Gasteiger partial charge in [0.2, 0.25) is 5.91 Å². The Labute approximate surface area is 158 Å². The van der Waals surface area contributed by atoms with E-state index in [-0.39, 0.29) is 30.2 Å². The summed E-state index contributed by atoms with van der Waals surface area (Å²) in [6, 6.07) is 13.5. The third kappa shape index (κ3) is 4.92. The molecule has 0 saturated carbocycles. The minimum Gasteiger partial charge on any atom is -0.370 e. The molecular formula is C21H23FN2O3. The van der Waals surface area contributed by atoms with E-state index < -0.39 is 0 Å². The van der Waals surface area contributed by atoms with Crippen molar-refractivity contribution in [3.63, 3.8) is 0 Å². The summed E-state index contributed by atoms with van der Waals surface area (Å²) in [5.41, 5.74) is 2.42. The quantitative estimate of drug-likeness (QED) is 0.843. The first-order valence-corrected chi connectivity index (χ1v) is 9.10. The standard InChI is InChI=1S/C21H23FN2O3/c1-2-15(16-3-5-17(22)6-4-16)13-20(25)23-18-7-9-19(10-8-18)24-11-12-27-14-21(24)26/h3-10,15H,2,11-14H2,1H3,(H,23,25). The number of nitrogens with zero attached hydrogens (tertiary/aromatic N) is 1. The molecule has 0 aromatic heterocycles. The fourth-order valence-corrected chi connectivity index (χ4v) is 3.18. The minimum absolute atomic E-state index is 0.0378. The molecule has 1 heterocycles. The average molecular weight is 370 g/mol. The number of benzene rings is 2. The lowest BCUT2D eigenvalue weighted by Crippen LogP contribution is -2.41. The van der Waals surface area contributed by atoms with Gasteiger partial charge in [0, 0.05) is 24.3 Å². The number of nitrogens with one attached hydrogen (secondary N) is 1. The molecule has 142 valence electrons. The topological polar surface area (TPSA) is 58.6 Å². The van der Waals surface area contributed by atoms with Crippen LogP contribution in [0.1, 0.15) is 31.2 Å². The molecule has 1 N–H and O–H groups in total. The van der Waals surface area contributed by atoms with Gasteiger partial charge >= 0.3 is 0 Å². The van der Waals surface area contributed by atoms with E-state index in [4.69, 9.17) is 4.74 Å². The van der Waals surface area contributed by atoms with Crippen LogP contribution in [0.4, 0.5) is 15.8 Å². The molecule has 0 spiro atoms. The number of rotatable bonds is 6. The molecule has 0 aliphatic carbocycles. The second-order valence-corrected chi connectivity index (χ2v) is 6.55. The molecule has 0 radical (unpaired) electrons. The van der Waals surface area contributed by atoms with E-state index in [1.54, 1.807) is 29.2 Å². The maximum atomic E-state index is 13.1. The zero-order chi connectivity index (χ0) is 19.2. The number of hydrogen-bond donors (Lipinski definition) is 1. The first-order chi connectivity index (χ1) is 13.1. The van der Waals surface area contributed by atoms with Crippen molar-refractivity contribution in [1.29, 1.82) is 0 Å². The molecule has 1 aliphatic heterocycles. The molecule has 27 heavy (non-hydrogen) atoms. The van der Waals surface area contributed by atoms with Crippen molar-refractivity contribution in [1.82, 2.24) is 0 Å². The highest BCUT2D eigenvalue weighted by Crippen LogP contribution is 2.25. The Morgan fingerprint density at radius 1 is 1.19 bits per heavy atom. The van der Waals surface area contributed by atoms with Crippen molar-refractivity contribution in [2.24, 2.45) is 0 Å². The lowest BCUT2D eigenvalue weighted by atomic mass is 9.93. The van der Waals surface area contributed by atoms with E-state index in [0.29, 0.717) is 25.3 Å². The highest BCUT2D eigenvalue weighted by Gasteiger charge is 2.20. The SMILES string of the molecule is CCC(CC(=O)Nc1ccc(N2CCOCC2=O)cc1)c1ccc(F)cc1. The summed E-state index contributed by atoms with van der Waals surface area (Å²) in [6.07, 6.45) is 1.11. The van der Waals surface area contributed by atoms with Crippen molar-refractivity contribution in [3.05, 3.63) is 59.9 Å². The zero-order valence-electron chi connectivity index (χ0n) is 15.3. The largest absolute Gasteiger partial charge is 0.370 e. The molecule has 1 aliphatic rings. The minimum atomic E-state index is -0.281. The lowest BCUT2D eigenvalue weighted by molar-refractivity contribution is -0.125. The molecule has 3 rings (SSSR count). The van der Waals surface area contributed by atoms with Gasteiger partial charge in [-0.25, -0.2) is 4.39 Å². The van der Waals surface area contributed by atoms with Crippen LogP contribution in [0.25, 0.3) is 0 Å². The summed E-state index contributed by atoms with van der Waals surface area (Å²) < 4.78 is 18.2. The van der Waals surface area contributed by atoms with Crippen LogP contribution in [-0.4, -0.2) is 31.6 Å². The van der Waals surface area contributed by atoms with Crippen LogP contribution in [0.3, 0.4) is 0 Å². The molecule has 1 unspecified atom stereocenters. The van der Waals surface area contributed by atoms with Gasteiger partial charge in [0.1, 0.15) is 12.4 Å². The van der Waals surface area contributed by atoms with Crippen LogP contribution in [0.15, 0.2) is 48.5 Å². The molecular weight excluding hydrogens is 347 g/mol. The van der Waals surface area contributed by atoms with Crippen molar-refractivity contribution >= 4 is 23.2 Å². The Morgan fingerprint density at radius 3 is 2.52 bits per heavy atom. The van der Waals surface area contributed by atoms with Gasteiger partial charge in [-0.3, -0.25) is 9.59 Å². The number of halogens is 1. The van der Waals surface area contributed by atoms with Gasteiger partial charge in [0.25, 0.3) is 5.91 Å². The van der Waals surface area contributed by atoms with Crippen LogP contribution in [0.2, 0.25) is 0 Å². The summed E-state index contributed by atoms with van der Waals surface area (Å²) in [4.78, 5) is 25.9. The molecule has 5 nitrogen and oxygen atoms in total. The van der Waals surface area contributed by atoms with Crippen molar-refractivity contribution in [3.8, 4) is 0 Å². The molecule has 0 bridgehead atoms. The molecule has 6 heteroatoms. The predicted octanol–water partition coefficient (Wildman–Crippen LogP) is 3.71. The maximum Gasteiger partial charge on any atom is 0.253 e. The average Bonchev–Trinajstić information content (AvgIpc) is 2.68. The number of hydrogen-bond acceptors (Lipinski definition) is 3. The summed E-state index contributed by atoms with van der Waals surface area (Å²) in [5.74, 6) is -0.405. The Balaban J connectivity index is 1.60. The van der Waals surface area contributed by atoms with Gasteiger partial charge < -0.3 is 15.0 Å². The molecule has 2 amide bonds. The number of anilines is 2. The number of morpholine rings is 1. The fraction of sp³-hybridized carbons (Fsp3) is 0.333. The van der Waals surface area contributed by atoms with Crippen molar-refractivity contribution in [2.45, 2.75) is 25.7 Å². The summed E-state index contributed by atoms with van der Waals surface area (Å²) >= 11 is 0. The van der Waals surface area contributed by atoms with Gasteiger partial charge in [-0.05, 0) is 54.3 Å². The molecule has 2 aromatic rings. The van der Waals surface area contributed by atoms with Gasteiger partial charge in [-0.15, -0.1) is 0 Å². The Bertz CT molecular complexity index is 790. The third-order valence-corrected chi connectivity index (χ3v) is 4.71. The molecule has 1 atom stereocenters. The van der Waals surface area contributed by atoms with Crippen LogP contribution < -0.4 is 10.2 Å². The molecule has 1 saturated heterocycles. The molecule has 2 aromatic carbocycles. The first-order valence-electron chi connectivity index (χ1n) is 9.10. The smallest absolute Gasteiger partial charge is 0.253 e. The molecule has 1 fully saturated rings. The van der Waals surface area contributed by atoms with Crippen LogP contribution in [0.5, 0.6) is 0 Å². The van der Waals surface area contributed by atoms with Crippen LogP contribution in [0, 0.1) is 5.82 Å². The number of amides is 2. The number of carbonyl (C=O) groups is 2. The Kier molecular flexibility index (Phi) is 6.19. The number of ether oxygens (including phenoxy) is 1. The first kappa shape index (κ1) is 19.0. The second-order valence-electron chi connectivity index (χ2n) is 6.55. The lowest BCUT2D eigenvalue weighted by Gasteiger charge is -2.27. The van der Waals surface area contributed by atoms with Gasteiger partial charge in [-0.2, -0.15) is 0 Å². The Morgan fingerprint density at radius 2 is 1.89 bits per heavy atom. The maximum absolute atomic E-state index is 13.1. The van der Waals surface area contributed by atoms with E-state index in [2.05, 4.69) is 5.32 Å². The predicted molar refractivity (Wildman–Crippen MR) is 102 cm³/mol. The highest BCUT2D eigenvalue weighted by molar-refractivity contribution is 5.95. The van der Waals surface area contributed by atoms with E-state index in [1.165, 1.54) is 12.1 Å². The van der Waals surface area contributed by atoms with Crippen molar-refractivity contribution < 1.29 is 18.7 Å². The van der Waals surface area contributed by atoms with E-state index in [9.17, 15) is 14.0 Å². The van der Waals surface area contributed by atoms with E-state index in [0.717, 1.165) is 17.7 Å². The third-order valence-electron chi connectivity index (χ3n) is 4.71. The zero-order valence-corrected chi connectivity index (χ0v) is 15.3. The van der Waals surface area contributed by atoms with Crippen molar-refractivity contribution in [2.75, 3.05) is 30.0 Å². The summed E-state index contributed by atoms with van der Waals surface area (Å²) in [6.45, 7) is 3.15. The summed E-state index contributed by atoms with van der Waals surface area (Å²) in [5, 5.41) is 2.89. The van der Waals surface area contributed by atoms with Crippen LogP contribution >= 0.6 is 0 Å².